The van der Waals surface area contributed by atoms with Gasteiger partial charge in [0.15, 0.2) is 10.5 Å². The fraction of sp³-hybridized carbons (Fsp3) is 0.250. The van der Waals surface area contributed by atoms with Crippen LogP contribution in [0.1, 0.15) is 30.5 Å². The van der Waals surface area contributed by atoms with Gasteiger partial charge >= 0.3 is 6.18 Å². The van der Waals surface area contributed by atoms with Gasteiger partial charge in [0, 0.05) is 5.56 Å². The molecule has 1 atom stereocenters. The fourth-order valence-electron chi connectivity index (χ4n) is 2.95. The summed E-state index contributed by atoms with van der Waals surface area (Å²) in [5.41, 5.74) is -1.31. The van der Waals surface area contributed by atoms with Gasteiger partial charge in [-0.15, -0.1) is 0 Å². The van der Waals surface area contributed by atoms with Crippen LogP contribution in [0.25, 0.3) is 11.3 Å². The Balaban J connectivity index is 2.20. The van der Waals surface area contributed by atoms with Gasteiger partial charge < -0.3 is 9.29 Å². The lowest BCUT2D eigenvalue weighted by Gasteiger charge is -2.18. The van der Waals surface area contributed by atoms with Crippen LogP contribution < -0.4 is 0 Å². The fourth-order valence-corrected chi connectivity index (χ4v) is 4.60. The molecular weight excluding hydrogens is 457 g/mol. The summed E-state index contributed by atoms with van der Waals surface area (Å²) in [6, 6.07) is 9.54. The summed E-state index contributed by atoms with van der Waals surface area (Å²) in [7, 11) is 0. The van der Waals surface area contributed by atoms with E-state index in [0.717, 1.165) is 12.1 Å². The molecule has 0 aliphatic carbocycles. The molecular formula is C20H16BrF3O3S. The number of ketones is 1. The zero-order chi connectivity index (χ0) is 20.9. The smallest absolute Gasteiger partial charge is 0.416 e. The van der Waals surface area contributed by atoms with Crippen LogP contribution in [0.2, 0.25) is 0 Å². The normalized spacial score (nSPS) is 17.6. The SMILES string of the molecule is C[S+]([O-])c1ccc(C2=C(c3cccc(C(F)(F)F)c3)C(=O)C(C)(C)O2)cc1Br. The Labute approximate surface area is 171 Å². The van der Waals surface area contributed by atoms with Crippen LogP contribution in [0.5, 0.6) is 0 Å². The van der Waals surface area contributed by atoms with Crippen molar-refractivity contribution in [3.63, 3.8) is 0 Å². The van der Waals surface area contributed by atoms with Crippen molar-refractivity contribution < 1.29 is 27.3 Å². The molecule has 1 heterocycles. The number of alkyl halides is 3. The van der Waals surface area contributed by atoms with Gasteiger partial charge in [-0.25, -0.2) is 0 Å². The van der Waals surface area contributed by atoms with Crippen molar-refractivity contribution in [2.24, 2.45) is 0 Å². The van der Waals surface area contributed by atoms with Crippen molar-refractivity contribution in [3.05, 3.63) is 63.6 Å². The van der Waals surface area contributed by atoms with Crippen molar-refractivity contribution in [2.45, 2.75) is 30.5 Å². The van der Waals surface area contributed by atoms with E-state index >= 15 is 0 Å². The van der Waals surface area contributed by atoms with Crippen LogP contribution in [-0.2, 0) is 26.9 Å². The van der Waals surface area contributed by atoms with Gasteiger partial charge in [-0.05, 0) is 76.8 Å². The standard InChI is InChI=1S/C20H16BrF3O3S/c1-19(2)18(25)16(11-5-4-6-13(9-11)20(22,23)24)17(27-19)12-7-8-15(28(3)26)14(21)10-12/h4-10H,1-3H3. The number of ether oxygens (including phenoxy) is 1. The van der Waals surface area contributed by atoms with E-state index in [-0.39, 0.29) is 16.9 Å². The number of hydrogen-bond donors (Lipinski definition) is 0. The van der Waals surface area contributed by atoms with E-state index < -0.39 is 34.3 Å². The molecule has 1 unspecified atom stereocenters. The third kappa shape index (κ3) is 3.86. The van der Waals surface area contributed by atoms with E-state index in [1.165, 1.54) is 18.4 Å². The molecule has 0 spiro atoms. The van der Waals surface area contributed by atoms with Crippen LogP contribution in [0.3, 0.4) is 0 Å². The van der Waals surface area contributed by atoms with Crippen molar-refractivity contribution in [3.8, 4) is 0 Å². The van der Waals surface area contributed by atoms with Crippen molar-refractivity contribution >= 4 is 44.2 Å². The number of carbonyl (C=O) groups excluding carboxylic acids is 1. The maximum absolute atomic E-state index is 13.1. The lowest BCUT2D eigenvalue weighted by atomic mass is 9.92. The third-order valence-corrected chi connectivity index (χ3v) is 6.23. The molecule has 28 heavy (non-hydrogen) atoms. The van der Waals surface area contributed by atoms with Gasteiger partial charge in [0.25, 0.3) is 0 Å². The zero-order valence-corrected chi connectivity index (χ0v) is 17.6. The minimum absolute atomic E-state index is 0.0911. The van der Waals surface area contributed by atoms with E-state index in [4.69, 9.17) is 4.74 Å². The Morgan fingerprint density at radius 1 is 1.11 bits per heavy atom. The highest BCUT2D eigenvalue weighted by Crippen LogP contribution is 2.43. The summed E-state index contributed by atoms with van der Waals surface area (Å²) < 4.78 is 57.5. The third-order valence-electron chi connectivity index (χ3n) is 4.34. The molecule has 0 N–H and O–H groups in total. The van der Waals surface area contributed by atoms with Gasteiger partial charge in [-0.2, -0.15) is 13.2 Å². The highest BCUT2D eigenvalue weighted by molar-refractivity contribution is 9.10. The Morgan fingerprint density at radius 2 is 1.79 bits per heavy atom. The predicted molar refractivity (Wildman–Crippen MR) is 105 cm³/mol. The lowest BCUT2D eigenvalue weighted by molar-refractivity contribution is -0.137. The van der Waals surface area contributed by atoms with Crippen LogP contribution in [0.15, 0.2) is 51.8 Å². The molecule has 0 saturated carbocycles. The summed E-state index contributed by atoms with van der Waals surface area (Å²) in [5, 5.41) is 0. The molecule has 0 amide bonds. The van der Waals surface area contributed by atoms with E-state index in [0.29, 0.717) is 14.9 Å². The minimum atomic E-state index is -4.52. The summed E-state index contributed by atoms with van der Waals surface area (Å²) in [6.07, 6.45) is -2.99. The Hall–Kier alpha value is -1.77. The number of hydrogen-bond acceptors (Lipinski definition) is 3. The summed E-state index contributed by atoms with van der Waals surface area (Å²) in [6.45, 7) is 3.14. The molecule has 0 bridgehead atoms. The second-order valence-corrected chi connectivity index (χ2v) is 9.03. The number of halogens is 4. The second kappa shape index (κ2) is 7.24. The summed E-state index contributed by atoms with van der Waals surface area (Å²) >= 11 is 2.12. The molecule has 3 rings (SSSR count). The second-order valence-electron chi connectivity index (χ2n) is 6.82. The van der Waals surface area contributed by atoms with Crippen molar-refractivity contribution in [1.29, 1.82) is 0 Å². The molecule has 1 aliphatic heterocycles. The summed E-state index contributed by atoms with van der Waals surface area (Å²) in [4.78, 5) is 13.5. The van der Waals surface area contributed by atoms with Gasteiger partial charge in [0.2, 0.25) is 5.78 Å². The largest absolute Gasteiger partial charge is 0.612 e. The molecule has 0 saturated heterocycles. The van der Waals surface area contributed by atoms with Gasteiger partial charge in [0.05, 0.1) is 15.6 Å². The van der Waals surface area contributed by atoms with E-state index in [2.05, 4.69) is 15.9 Å². The van der Waals surface area contributed by atoms with Crippen LogP contribution >= 0.6 is 15.9 Å². The van der Waals surface area contributed by atoms with Crippen LogP contribution in [-0.4, -0.2) is 22.2 Å². The first kappa shape index (κ1) is 21.0. The molecule has 2 aromatic carbocycles. The number of rotatable bonds is 3. The molecule has 8 heteroatoms. The number of Topliss-reactive ketones (excluding diaryl/α,β-unsaturated/α-hetero) is 1. The van der Waals surface area contributed by atoms with E-state index in [1.807, 2.05) is 0 Å². The first-order chi connectivity index (χ1) is 12.9. The number of carbonyl (C=O) groups is 1. The molecule has 0 radical (unpaired) electrons. The first-order valence-corrected chi connectivity index (χ1v) is 10.6. The maximum Gasteiger partial charge on any atom is 0.416 e. The van der Waals surface area contributed by atoms with E-state index in [9.17, 15) is 22.5 Å². The molecule has 2 aromatic rings. The number of benzene rings is 2. The Kier molecular flexibility index (Phi) is 5.42. The topological polar surface area (TPSA) is 49.4 Å². The van der Waals surface area contributed by atoms with Gasteiger partial charge in [0.1, 0.15) is 12.0 Å². The van der Waals surface area contributed by atoms with Crippen molar-refractivity contribution in [1.82, 2.24) is 0 Å². The monoisotopic (exact) mass is 472 g/mol. The van der Waals surface area contributed by atoms with Crippen LogP contribution in [0, 0.1) is 0 Å². The van der Waals surface area contributed by atoms with Gasteiger partial charge in [-0.1, -0.05) is 12.1 Å². The summed E-state index contributed by atoms with van der Waals surface area (Å²) in [5.74, 6) is -0.204. The molecule has 0 aromatic heterocycles. The highest BCUT2D eigenvalue weighted by Gasteiger charge is 2.43. The lowest BCUT2D eigenvalue weighted by Crippen LogP contribution is -2.29. The maximum atomic E-state index is 13.1. The quantitative estimate of drug-likeness (QED) is 0.557. The Morgan fingerprint density at radius 3 is 2.36 bits per heavy atom. The van der Waals surface area contributed by atoms with Gasteiger partial charge in [-0.3, -0.25) is 4.79 Å². The van der Waals surface area contributed by atoms with E-state index in [1.54, 1.807) is 32.0 Å². The molecule has 148 valence electrons. The average Bonchev–Trinajstić information content (AvgIpc) is 2.84. The average molecular weight is 473 g/mol. The zero-order valence-electron chi connectivity index (χ0n) is 15.2. The highest BCUT2D eigenvalue weighted by atomic mass is 79.9. The Bertz CT molecular complexity index is 981. The predicted octanol–water partition coefficient (Wildman–Crippen LogP) is 5.45. The van der Waals surface area contributed by atoms with Crippen LogP contribution in [0.4, 0.5) is 13.2 Å². The van der Waals surface area contributed by atoms with Crippen molar-refractivity contribution in [2.75, 3.05) is 6.26 Å². The molecule has 1 aliphatic rings. The molecule has 0 fully saturated rings. The first-order valence-electron chi connectivity index (χ1n) is 8.21. The minimum Gasteiger partial charge on any atom is -0.612 e. The molecule has 3 nitrogen and oxygen atoms in total.